The summed E-state index contributed by atoms with van der Waals surface area (Å²) in [6.07, 6.45) is 3.15. The van der Waals surface area contributed by atoms with E-state index < -0.39 is 0 Å². The minimum absolute atomic E-state index is 0.281. The van der Waals surface area contributed by atoms with Crippen molar-refractivity contribution < 1.29 is 9.94 Å². The van der Waals surface area contributed by atoms with E-state index in [0.29, 0.717) is 17.0 Å². The molecule has 0 aliphatic heterocycles. The molecule has 1 N–H and O–H groups in total. The molecule has 3 rings (SSSR count). The molecule has 6 nitrogen and oxygen atoms in total. The lowest BCUT2D eigenvalue weighted by molar-refractivity contribution is 0.299. The molecular formula is C16H14N4O2. The molecule has 6 heteroatoms. The first-order chi connectivity index (χ1) is 10.9. The van der Waals surface area contributed by atoms with Crippen LogP contribution in [0.1, 0.15) is 11.3 Å². The number of rotatable bonds is 5. The topological polar surface area (TPSA) is 72.5 Å². The summed E-state index contributed by atoms with van der Waals surface area (Å²) in [4.78, 5) is 0. The Hall–Kier alpha value is -3.15. The molecule has 0 aliphatic carbocycles. The van der Waals surface area contributed by atoms with E-state index >= 15 is 0 Å². The molecule has 0 unspecified atom stereocenters. The molecular weight excluding hydrogens is 280 g/mol. The second kappa shape index (κ2) is 6.53. The molecule has 0 radical (unpaired) electrons. The van der Waals surface area contributed by atoms with E-state index in [1.165, 1.54) is 6.21 Å². The van der Waals surface area contributed by atoms with Gasteiger partial charge in [-0.05, 0) is 24.3 Å². The van der Waals surface area contributed by atoms with Crippen LogP contribution in [-0.4, -0.2) is 26.4 Å². The third kappa shape index (κ3) is 3.12. The van der Waals surface area contributed by atoms with Gasteiger partial charge in [0.15, 0.2) is 0 Å². The smallest absolute Gasteiger partial charge is 0.134 e. The predicted molar refractivity (Wildman–Crippen MR) is 81.5 cm³/mol. The van der Waals surface area contributed by atoms with Crippen LogP contribution in [0, 0.1) is 0 Å². The van der Waals surface area contributed by atoms with Crippen LogP contribution in [0.2, 0.25) is 0 Å². The van der Waals surface area contributed by atoms with Crippen molar-refractivity contribution in [2.45, 2.75) is 6.61 Å². The first-order valence-electron chi connectivity index (χ1n) is 6.73. The highest BCUT2D eigenvalue weighted by molar-refractivity contribution is 5.82. The average molecular weight is 294 g/mol. The minimum atomic E-state index is 0.281. The summed E-state index contributed by atoms with van der Waals surface area (Å²) in [5.41, 5.74) is 2.34. The summed E-state index contributed by atoms with van der Waals surface area (Å²) in [6.45, 7) is 0.281. The van der Waals surface area contributed by atoms with Gasteiger partial charge in [-0.2, -0.15) is 0 Å². The van der Waals surface area contributed by atoms with E-state index in [1.807, 2.05) is 48.7 Å². The largest absolute Gasteiger partial charge is 0.486 e. The van der Waals surface area contributed by atoms with Gasteiger partial charge in [0.25, 0.3) is 0 Å². The van der Waals surface area contributed by atoms with Crippen molar-refractivity contribution in [1.82, 2.24) is 15.0 Å². The van der Waals surface area contributed by atoms with Crippen molar-refractivity contribution >= 4 is 6.21 Å². The second-order valence-electron chi connectivity index (χ2n) is 4.56. The number of nitrogens with zero attached hydrogens (tertiary/aromatic N) is 4. The van der Waals surface area contributed by atoms with E-state index in [0.717, 1.165) is 5.69 Å². The Balaban J connectivity index is 1.72. The van der Waals surface area contributed by atoms with Gasteiger partial charge in [0, 0.05) is 5.56 Å². The van der Waals surface area contributed by atoms with E-state index in [1.54, 1.807) is 16.8 Å². The van der Waals surface area contributed by atoms with Crippen LogP contribution in [0.5, 0.6) is 5.75 Å². The van der Waals surface area contributed by atoms with Crippen LogP contribution in [-0.2, 0) is 6.61 Å². The van der Waals surface area contributed by atoms with Gasteiger partial charge < -0.3 is 9.94 Å². The molecule has 0 atom stereocenters. The molecule has 0 aliphatic rings. The number of aromatic nitrogens is 3. The Kier molecular flexibility index (Phi) is 4.10. The summed E-state index contributed by atoms with van der Waals surface area (Å²) in [5, 5.41) is 19.8. The van der Waals surface area contributed by atoms with Gasteiger partial charge in [0.2, 0.25) is 0 Å². The zero-order chi connectivity index (χ0) is 15.2. The summed E-state index contributed by atoms with van der Waals surface area (Å²) < 4.78 is 7.40. The van der Waals surface area contributed by atoms with Crippen LogP contribution in [0.15, 0.2) is 65.9 Å². The Morgan fingerprint density at radius 1 is 1.09 bits per heavy atom. The number of benzene rings is 2. The Morgan fingerprint density at radius 3 is 2.68 bits per heavy atom. The first kappa shape index (κ1) is 13.8. The average Bonchev–Trinajstić information content (AvgIpc) is 3.04. The Bertz CT molecular complexity index is 769. The normalized spacial score (nSPS) is 10.9. The fourth-order valence-electron chi connectivity index (χ4n) is 2.00. The van der Waals surface area contributed by atoms with Gasteiger partial charge >= 0.3 is 0 Å². The number of hydrogen-bond donors (Lipinski definition) is 1. The SMILES string of the molecule is O/N=C/c1ccccc1OCc1cn(-c2ccccc2)nn1. The highest BCUT2D eigenvalue weighted by Gasteiger charge is 2.05. The zero-order valence-electron chi connectivity index (χ0n) is 11.7. The van der Waals surface area contributed by atoms with Gasteiger partial charge in [-0.25, -0.2) is 4.68 Å². The lowest BCUT2D eigenvalue weighted by Gasteiger charge is -2.06. The molecule has 3 aromatic rings. The fraction of sp³-hybridized carbons (Fsp3) is 0.0625. The maximum atomic E-state index is 8.65. The molecule has 0 saturated heterocycles. The summed E-state index contributed by atoms with van der Waals surface area (Å²) in [7, 11) is 0. The molecule has 2 aromatic carbocycles. The van der Waals surface area contributed by atoms with Crippen LogP contribution in [0.4, 0.5) is 0 Å². The van der Waals surface area contributed by atoms with Crippen molar-refractivity contribution in [3.8, 4) is 11.4 Å². The van der Waals surface area contributed by atoms with Gasteiger partial charge in [-0.1, -0.05) is 40.7 Å². The van der Waals surface area contributed by atoms with Crippen LogP contribution in [0.3, 0.4) is 0 Å². The standard InChI is InChI=1S/C16H14N4O2/c21-17-10-13-6-4-5-9-16(13)22-12-14-11-20(19-18-14)15-7-2-1-3-8-15/h1-11,21H,12H2/b17-10+. The van der Waals surface area contributed by atoms with Crippen LogP contribution < -0.4 is 4.74 Å². The first-order valence-corrected chi connectivity index (χ1v) is 6.73. The fourth-order valence-corrected chi connectivity index (χ4v) is 2.00. The van der Waals surface area contributed by atoms with E-state index in [9.17, 15) is 0 Å². The quantitative estimate of drug-likeness (QED) is 0.446. The third-order valence-electron chi connectivity index (χ3n) is 3.05. The lowest BCUT2D eigenvalue weighted by atomic mass is 10.2. The summed E-state index contributed by atoms with van der Waals surface area (Å²) in [6, 6.07) is 17.0. The molecule has 110 valence electrons. The van der Waals surface area contributed by atoms with Crippen molar-refractivity contribution in [3.63, 3.8) is 0 Å². The second-order valence-corrected chi connectivity index (χ2v) is 4.56. The molecule has 1 heterocycles. The molecule has 1 aromatic heterocycles. The van der Waals surface area contributed by atoms with Crippen molar-refractivity contribution in [2.24, 2.45) is 5.16 Å². The number of oxime groups is 1. The van der Waals surface area contributed by atoms with Gasteiger partial charge in [0.1, 0.15) is 18.1 Å². The molecule has 0 amide bonds. The zero-order valence-corrected chi connectivity index (χ0v) is 11.7. The monoisotopic (exact) mass is 294 g/mol. The van der Waals surface area contributed by atoms with Gasteiger partial charge in [0.05, 0.1) is 18.1 Å². The minimum Gasteiger partial charge on any atom is -0.486 e. The summed E-state index contributed by atoms with van der Waals surface area (Å²) >= 11 is 0. The lowest BCUT2D eigenvalue weighted by Crippen LogP contribution is -1.98. The Labute approximate surface area is 127 Å². The highest BCUT2D eigenvalue weighted by atomic mass is 16.5. The van der Waals surface area contributed by atoms with E-state index in [4.69, 9.17) is 9.94 Å². The van der Waals surface area contributed by atoms with Crippen LogP contribution in [0.25, 0.3) is 5.69 Å². The molecule has 0 bridgehead atoms. The van der Waals surface area contributed by atoms with Gasteiger partial charge in [-0.15, -0.1) is 5.10 Å². The van der Waals surface area contributed by atoms with Crippen LogP contribution >= 0.6 is 0 Å². The molecule has 0 spiro atoms. The van der Waals surface area contributed by atoms with Crippen molar-refractivity contribution in [3.05, 3.63) is 72.1 Å². The predicted octanol–water partition coefficient (Wildman–Crippen LogP) is 2.65. The molecule has 0 fully saturated rings. The van der Waals surface area contributed by atoms with Gasteiger partial charge in [-0.3, -0.25) is 0 Å². The molecule has 0 saturated carbocycles. The number of para-hydroxylation sites is 2. The van der Waals surface area contributed by atoms with E-state index in [2.05, 4.69) is 15.5 Å². The highest BCUT2D eigenvalue weighted by Crippen LogP contribution is 2.17. The van der Waals surface area contributed by atoms with E-state index in [-0.39, 0.29) is 6.61 Å². The maximum absolute atomic E-state index is 8.65. The Morgan fingerprint density at radius 2 is 1.86 bits per heavy atom. The number of hydrogen-bond acceptors (Lipinski definition) is 5. The number of ether oxygens (including phenoxy) is 1. The summed E-state index contributed by atoms with van der Waals surface area (Å²) in [5.74, 6) is 0.620. The third-order valence-corrected chi connectivity index (χ3v) is 3.05. The van der Waals surface area contributed by atoms with Crippen molar-refractivity contribution in [2.75, 3.05) is 0 Å². The van der Waals surface area contributed by atoms with Crippen molar-refractivity contribution in [1.29, 1.82) is 0 Å². The molecule has 22 heavy (non-hydrogen) atoms. The maximum Gasteiger partial charge on any atom is 0.134 e.